The van der Waals surface area contributed by atoms with Crippen molar-refractivity contribution in [2.45, 2.75) is 19.4 Å². The molecule has 1 fully saturated rings. The Morgan fingerprint density at radius 3 is 2.42 bits per heavy atom. The van der Waals surface area contributed by atoms with E-state index in [1.54, 1.807) is 12.1 Å². The highest BCUT2D eigenvalue weighted by Gasteiger charge is 2.18. The van der Waals surface area contributed by atoms with Gasteiger partial charge in [0.2, 0.25) is 0 Å². The van der Waals surface area contributed by atoms with Crippen LogP contribution in [0.4, 0.5) is 10.1 Å². The average Bonchev–Trinajstić information content (AvgIpc) is 2.61. The van der Waals surface area contributed by atoms with Gasteiger partial charge in [0.05, 0.1) is 6.10 Å². The zero-order valence-corrected chi connectivity index (χ0v) is 14.2. The lowest BCUT2D eigenvalue weighted by molar-refractivity contribution is 0.139. The number of rotatable bonds is 5. The van der Waals surface area contributed by atoms with E-state index in [9.17, 15) is 9.50 Å². The van der Waals surface area contributed by atoms with Crippen LogP contribution >= 0.6 is 0 Å². The van der Waals surface area contributed by atoms with Crippen molar-refractivity contribution in [2.75, 3.05) is 37.6 Å². The fourth-order valence-corrected chi connectivity index (χ4v) is 3.21. The molecular weight excluding hydrogens is 303 g/mol. The predicted octanol–water partition coefficient (Wildman–Crippen LogP) is 3.38. The van der Waals surface area contributed by atoms with Gasteiger partial charge in [0.15, 0.2) is 0 Å². The van der Waals surface area contributed by atoms with E-state index in [-0.39, 0.29) is 5.82 Å². The molecule has 0 bridgehead atoms. The summed E-state index contributed by atoms with van der Waals surface area (Å²) in [5.74, 6) is -0.266. The van der Waals surface area contributed by atoms with Crippen molar-refractivity contribution in [1.29, 1.82) is 0 Å². The lowest BCUT2D eigenvalue weighted by Gasteiger charge is -2.36. The molecule has 0 aromatic heterocycles. The molecule has 2 aromatic rings. The number of aliphatic hydroxyl groups is 1. The van der Waals surface area contributed by atoms with Crippen molar-refractivity contribution in [3.63, 3.8) is 0 Å². The van der Waals surface area contributed by atoms with Crippen LogP contribution in [0.1, 0.15) is 23.7 Å². The molecule has 1 unspecified atom stereocenters. The summed E-state index contributed by atoms with van der Waals surface area (Å²) in [7, 11) is 0. The molecule has 1 atom stereocenters. The van der Waals surface area contributed by atoms with E-state index in [0.717, 1.165) is 38.3 Å². The maximum absolute atomic E-state index is 12.9. The molecule has 1 N–H and O–H groups in total. The zero-order chi connectivity index (χ0) is 16.9. The normalized spacial score (nSPS) is 17.0. The van der Waals surface area contributed by atoms with Crippen molar-refractivity contribution in [3.05, 3.63) is 65.5 Å². The van der Waals surface area contributed by atoms with E-state index >= 15 is 0 Å². The second-order valence-electron chi connectivity index (χ2n) is 6.52. The number of hydrogen-bond acceptors (Lipinski definition) is 3. The van der Waals surface area contributed by atoms with Crippen LogP contribution in [0.3, 0.4) is 0 Å². The first-order chi connectivity index (χ1) is 11.6. The van der Waals surface area contributed by atoms with Gasteiger partial charge < -0.3 is 10.0 Å². The summed E-state index contributed by atoms with van der Waals surface area (Å²) in [5, 5.41) is 10.2. The van der Waals surface area contributed by atoms with E-state index in [1.165, 1.54) is 23.4 Å². The van der Waals surface area contributed by atoms with Crippen molar-refractivity contribution < 1.29 is 9.50 Å². The third-order valence-electron chi connectivity index (χ3n) is 4.71. The molecular formula is C20H25FN2O. The second kappa shape index (κ2) is 7.77. The Morgan fingerprint density at radius 2 is 1.75 bits per heavy atom. The number of aliphatic hydroxyl groups excluding tert-OH is 1. The Hall–Kier alpha value is -1.91. The van der Waals surface area contributed by atoms with Crippen molar-refractivity contribution in [2.24, 2.45) is 0 Å². The van der Waals surface area contributed by atoms with Crippen LogP contribution in [0, 0.1) is 12.7 Å². The van der Waals surface area contributed by atoms with Gasteiger partial charge in [-0.15, -0.1) is 0 Å². The van der Waals surface area contributed by atoms with E-state index in [2.05, 4.69) is 41.0 Å². The Bertz CT molecular complexity index is 651. The number of aryl methyl sites for hydroxylation is 1. The minimum Gasteiger partial charge on any atom is -0.388 e. The Labute approximate surface area is 143 Å². The van der Waals surface area contributed by atoms with Gasteiger partial charge in [0.1, 0.15) is 5.82 Å². The molecule has 1 heterocycles. The molecule has 1 aliphatic heterocycles. The molecule has 4 heteroatoms. The fourth-order valence-electron chi connectivity index (χ4n) is 3.21. The maximum atomic E-state index is 12.9. The third-order valence-corrected chi connectivity index (χ3v) is 4.71. The van der Waals surface area contributed by atoms with Crippen LogP contribution in [-0.2, 0) is 0 Å². The van der Waals surface area contributed by atoms with Crippen molar-refractivity contribution >= 4 is 5.69 Å². The molecule has 1 aliphatic rings. The molecule has 2 aromatic carbocycles. The number of anilines is 1. The van der Waals surface area contributed by atoms with Gasteiger partial charge >= 0.3 is 0 Å². The van der Waals surface area contributed by atoms with Crippen LogP contribution in [0.25, 0.3) is 0 Å². The first-order valence-corrected chi connectivity index (χ1v) is 8.59. The lowest BCUT2D eigenvalue weighted by atomic mass is 10.1. The molecule has 128 valence electrons. The fraction of sp³-hybridized carbons (Fsp3) is 0.400. The minimum absolute atomic E-state index is 0.266. The molecule has 0 amide bonds. The molecule has 0 radical (unpaired) electrons. The Morgan fingerprint density at radius 1 is 1.04 bits per heavy atom. The molecule has 0 aliphatic carbocycles. The number of piperazine rings is 1. The van der Waals surface area contributed by atoms with Crippen molar-refractivity contribution in [1.82, 2.24) is 4.90 Å². The van der Waals surface area contributed by atoms with Crippen molar-refractivity contribution in [3.8, 4) is 0 Å². The highest BCUT2D eigenvalue weighted by atomic mass is 19.1. The molecule has 24 heavy (non-hydrogen) atoms. The Kier molecular flexibility index (Phi) is 5.48. The van der Waals surface area contributed by atoms with Gasteiger partial charge in [-0.3, -0.25) is 4.90 Å². The van der Waals surface area contributed by atoms with E-state index in [0.29, 0.717) is 6.42 Å². The summed E-state index contributed by atoms with van der Waals surface area (Å²) < 4.78 is 12.9. The number of hydrogen-bond donors (Lipinski definition) is 1. The summed E-state index contributed by atoms with van der Waals surface area (Å²) in [6, 6.07) is 14.8. The molecule has 0 saturated carbocycles. The largest absolute Gasteiger partial charge is 0.388 e. The first-order valence-electron chi connectivity index (χ1n) is 8.59. The summed E-state index contributed by atoms with van der Waals surface area (Å²) >= 11 is 0. The summed E-state index contributed by atoms with van der Waals surface area (Å²) in [6.07, 6.45) is 0.149. The molecule has 1 saturated heterocycles. The molecule has 0 spiro atoms. The quantitative estimate of drug-likeness (QED) is 0.911. The molecule has 3 rings (SSSR count). The van der Waals surface area contributed by atoms with E-state index in [4.69, 9.17) is 0 Å². The van der Waals surface area contributed by atoms with Gasteiger partial charge in [0.25, 0.3) is 0 Å². The zero-order valence-electron chi connectivity index (χ0n) is 14.2. The van der Waals surface area contributed by atoms with E-state index in [1.807, 2.05) is 0 Å². The van der Waals surface area contributed by atoms with Gasteiger partial charge in [-0.1, -0.05) is 24.3 Å². The van der Waals surface area contributed by atoms with Crippen LogP contribution in [0.2, 0.25) is 0 Å². The van der Waals surface area contributed by atoms with Crippen LogP contribution in [0.5, 0.6) is 0 Å². The highest BCUT2D eigenvalue weighted by molar-refractivity contribution is 5.48. The minimum atomic E-state index is -0.527. The smallest absolute Gasteiger partial charge is 0.123 e. The Balaban J connectivity index is 1.46. The van der Waals surface area contributed by atoms with Crippen LogP contribution in [-0.4, -0.2) is 42.7 Å². The summed E-state index contributed by atoms with van der Waals surface area (Å²) in [5.41, 5.74) is 3.37. The SMILES string of the molecule is Cc1cccc(N2CCN(CCC(O)c3ccc(F)cc3)CC2)c1. The van der Waals surface area contributed by atoms with Gasteiger partial charge in [-0.25, -0.2) is 4.39 Å². The average molecular weight is 328 g/mol. The second-order valence-corrected chi connectivity index (χ2v) is 6.52. The summed E-state index contributed by atoms with van der Waals surface area (Å²) in [6.45, 7) is 7.01. The van der Waals surface area contributed by atoms with Crippen LogP contribution < -0.4 is 4.90 Å². The number of benzene rings is 2. The third kappa shape index (κ3) is 4.34. The predicted molar refractivity (Wildman–Crippen MR) is 95.8 cm³/mol. The lowest BCUT2D eigenvalue weighted by Crippen LogP contribution is -2.46. The number of halogens is 1. The molecule has 3 nitrogen and oxygen atoms in total. The summed E-state index contributed by atoms with van der Waals surface area (Å²) in [4.78, 5) is 4.80. The first kappa shape index (κ1) is 16.9. The van der Waals surface area contributed by atoms with Crippen LogP contribution in [0.15, 0.2) is 48.5 Å². The van der Waals surface area contributed by atoms with Gasteiger partial charge in [-0.05, 0) is 48.7 Å². The number of nitrogens with zero attached hydrogens (tertiary/aromatic N) is 2. The standard InChI is InChI=1S/C20H25FN2O/c1-16-3-2-4-19(15-16)23-13-11-22(12-14-23)10-9-20(24)17-5-7-18(21)8-6-17/h2-8,15,20,24H,9-14H2,1H3. The van der Waals surface area contributed by atoms with Gasteiger partial charge in [-0.2, -0.15) is 0 Å². The monoisotopic (exact) mass is 328 g/mol. The van der Waals surface area contributed by atoms with E-state index < -0.39 is 6.10 Å². The highest BCUT2D eigenvalue weighted by Crippen LogP contribution is 2.20. The topological polar surface area (TPSA) is 26.7 Å². The maximum Gasteiger partial charge on any atom is 0.123 e. The van der Waals surface area contributed by atoms with Gasteiger partial charge in [0, 0.05) is 38.4 Å².